The Morgan fingerprint density at radius 3 is 2.47 bits per heavy atom. The molecule has 0 amide bonds. The molecule has 0 saturated heterocycles. The van der Waals surface area contributed by atoms with Crippen molar-refractivity contribution in [1.82, 2.24) is 0 Å². The smallest absolute Gasteiger partial charge is 0.160 e. The number of aromatic hydroxyl groups is 1. The number of hydrogen-bond acceptors (Lipinski definition) is 2. The lowest BCUT2D eigenvalue weighted by Crippen LogP contribution is -2.36. The molecule has 1 aromatic carbocycles. The summed E-state index contributed by atoms with van der Waals surface area (Å²) in [5.74, 6) is 0.750. The summed E-state index contributed by atoms with van der Waals surface area (Å²) in [6.45, 7) is 1.06. The lowest BCUT2D eigenvalue weighted by Gasteiger charge is -2.23. The fourth-order valence-corrected chi connectivity index (χ4v) is 1.34. The van der Waals surface area contributed by atoms with Gasteiger partial charge in [-0.15, -0.1) is 0 Å². The maximum atomic E-state index is 9.43. The first-order valence-electron chi connectivity index (χ1n) is 5.09. The van der Waals surface area contributed by atoms with E-state index in [1.54, 1.807) is 13.2 Å². The number of likely N-dealkylation sites (N-methyl/N-ethyl adjacent to an activating group) is 1. The molecule has 0 aliphatic heterocycles. The van der Waals surface area contributed by atoms with E-state index in [9.17, 15) is 5.11 Å². The minimum absolute atomic E-state index is 0.200. The lowest BCUT2D eigenvalue weighted by atomic mass is 10.1. The van der Waals surface area contributed by atoms with Gasteiger partial charge in [-0.25, -0.2) is 0 Å². The largest absolute Gasteiger partial charge is 0.504 e. The van der Waals surface area contributed by atoms with Crippen LogP contribution in [0.1, 0.15) is 5.56 Å². The van der Waals surface area contributed by atoms with E-state index in [2.05, 4.69) is 21.1 Å². The molecule has 0 saturated carbocycles. The molecule has 0 spiro atoms. The number of ether oxygens (including phenoxy) is 1. The second-order valence-corrected chi connectivity index (χ2v) is 4.77. The van der Waals surface area contributed by atoms with E-state index in [4.69, 9.17) is 4.74 Å². The molecule has 1 aromatic rings. The van der Waals surface area contributed by atoms with Gasteiger partial charge in [-0.1, -0.05) is 6.07 Å². The first-order chi connectivity index (χ1) is 6.92. The first kappa shape index (κ1) is 11.9. The van der Waals surface area contributed by atoms with Crippen LogP contribution in [0.25, 0.3) is 0 Å². The number of benzene rings is 1. The van der Waals surface area contributed by atoms with Crippen molar-refractivity contribution in [2.75, 3.05) is 34.8 Å². The standard InChI is InChI=1S/C12H19NO2/c1-13(2,3)8-7-10-5-6-11(14)12(9-10)15-4/h5-6,9H,7-8H2,1-4H3/p+1. The van der Waals surface area contributed by atoms with Gasteiger partial charge in [0, 0.05) is 6.42 Å². The number of rotatable bonds is 4. The highest BCUT2D eigenvalue weighted by Crippen LogP contribution is 2.26. The van der Waals surface area contributed by atoms with E-state index in [1.807, 2.05) is 12.1 Å². The molecule has 0 unspecified atom stereocenters. The molecular formula is C12H20NO2+. The van der Waals surface area contributed by atoms with Crippen LogP contribution in [-0.4, -0.2) is 44.4 Å². The van der Waals surface area contributed by atoms with Crippen molar-refractivity contribution < 1.29 is 14.3 Å². The molecule has 3 heteroatoms. The molecule has 3 nitrogen and oxygen atoms in total. The minimum Gasteiger partial charge on any atom is -0.504 e. The predicted molar refractivity (Wildman–Crippen MR) is 61.3 cm³/mol. The number of phenolic OH excluding ortho intramolecular Hbond substituents is 1. The minimum atomic E-state index is 0.200. The quantitative estimate of drug-likeness (QED) is 0.766. The Morgan fingerprint density at radius 1 is 1.27 bits per heavy atom. The van der Waals surface area contributed by atoms with Crippen molar-refractivity contribution >= 4 is 0 Å². The van der Waals surface area contributed by atoms with Crippen LogP contribution >= 0.6 is 0 Å². The third-order valence-corrected chi connectivity index (χ3v) is 2.32. The van der Waals surface area contributed by atoms with Gasteiger partial charge in [0.25, 0.3) is 0 Å². The Bertz CT molecular complexity index is 329. The third-order valence-electron chi connectivity index (χ3n) is 2.32. The molecule has 0 aromatic heterocycles. The van der Waals surface area contributed by atoms with E-state index in [-0.39, 0.29) is 5.75 Å². The van der Waals surface area contributed by atoms with Gasteiger partial charge in [0.1, 0.15) is 0 Å². The van der Waals surface area contributed by atoms with Gasteiger partial charge >= 0.3 is 0 Å². The molecule has 0 bridgehead atoms. The number of quaternary nitrogens is 1. The SMILES string of the molecule is COc1cc(CC[N+](C)(C)C)ccc1O. The van der Waals surface area contributed by atoms with Crippen molar-refractivity contribution in [2.45, 2.75) is 6.42 Å². The predicted octanol–water partition coefficient (Wildman–Crippen LogP) is 1.65. The summed E-state index contributed by atoms with van der Waals surface area (Å²) >= 11 is 0. The molecule has 84 valence electrons. The summed E-state index contributed by atoms with van der Waals surface area (Å²) in [6.07, 6.45) is 0.986. The Hall–Kier alpha value is -1.22. The Labute approximate surface area is 91.5 Å². The molecule has 0 aliphatic rings. The monoisotopic (exact) mass is 210 g/mol. The van der Waals surface area contributed by atoms with E-state index < -0.39 is 0 Å². The van der Waals surface area contributed by atoms with Crippen LogP contribution in [0.3, 0.4) is 0 Å². The molecule has 1 N–H and O–H groups in total. The van der Waals surface area contributed by atoms with Crippen molar-refractivity contribution in [3.63, 3.8) is 0 Å². The number of nitrogens with zero attached hydrogens (tertiary/aromatic N) is 1. The third kappa shape index (κ3) is 3.80. The Morgan fingerprint density at radius 2 is 1.93 bits per heavy atom. The first-order valence-corrected chi connectivity index (χ1v) is 5.09. The van der Waals surface area contributed by atoms with Crippen LogP contribution in [0.4, 0.5) is 0 Å². The summed E-state index contributed by atoms with van der Waals surface area (Å²) in [7, 11) is 8.06. The number of methoxy groups -OCH3 is 1. The number of phenols is 1. The fraction of sp³-hybridized carbons (Fsp3) is 0.500. The molecule has 0 heterocycles. The second-order valence-electron chi connectivity index (χ2n) is 4.77. The van der Waals surface area contributed by atoms with Crippen LogP contribution in [0.5, 0.6) is 11.5 Å². The van der Waals surface area contributed by atoms with Crippen LogP contribution in [0.2, 0.25) is 0 Å². The van der Waals surface area contributed by atoms with Crippen molar-refractivity contribution in [2.24, 2.45) is 0 Å². The van der Waals surface area contributed by atoms with E-state index in [0.717, 1.165) is 17.4 Å². The van der Waals surface area contributed by atoms with E-state index in [0.29, 0.717) is 5.75 Å². The summed E-state index contributed by atoms with van der Waals surface area (Å²) in [5, 5.41) is 9.43. The molecule has 15 heavy (non-hydrogen) atoms. The fourth-order valence-electron chi connectivity index (χ4n) is 1.34. The van der Waals surface area contributed by atoms with Crippen LogP contribution in [0, 0.1) is 0 Å². The molecule has 1 rings (SSSR count). The van der Waals surface area contributed by atoms with Crippen molar-refractivity contribution in [1.29, 1.82) is 0 Å². The highest BCUT2D eigenvalue weighted by molar-refractivity contribution is 5.41. The Balaban J connectivity index is 2.70. The zero-order valence-electron chi connectivity index (χ0n) is 9.95. The van der Waals surface area contributed by atoms with E-state index in [1.165, 1.54) is 5.56 Å². The van der Waals surface area contributed by atoms with Gasteiger partial charge in [-0.3, -0.25) is 0 Å². The zero-order valence-corrected chi connectivity index (χ0v) is 9.95. The lowest BCUT2D eigenvalue weighted by molar-refractivity contribution is -0.870. The van der Waals surface area contributed by atoms with Gasteiger partial charge in [0.05, 0.1) is 34.8 Å². The van der Waals surface area contributed by atoms with Crippen LogP contribution < -0.4 is 4.74 Å². The summed E-state index contributed by atoms with van der Waals surface area (Å²) < 4.78 is 6.00. The second kappa shape index (κ2) is 4.53. The zero-order chi connectivity index (χ0) is 11.5. The van der Waals surface area contributed by atoms with Gasteiger partial charge in [-0.2, -0.15) is 0 Å². The molecule has 0 radical (unpaired) electrons. The van der Waals surface area contributed by atoms with Crippen molar-refractivity contribution in [3.05, 3.63) is 23.8 Å². The summed E-state index contributed by atoms with van der Waals surface area (Å²) in [4.78, 5) is 0. The van der Waals surface area contributed by atoms with Crippen LogP contribution in [0.15, 0.2) is 18.2 Å². The maximum absolute atomic E-state index is 9.43. The molecular weight excluding hydrogens is 190 g/mol. The van der Waals surface area contributed by atoms with Gasteiger partial charge < -0.3 is 14.3 Å². The maximum Gasteiger partial charge on any atom is 0.160 e. The van der Waals surface area contributed by atoms with Gasteiger partial charge in [-0.05, 0) is 17.7 Å². The Kier molecular flexibility index (Phi) is 3.58. The average molecular weight is 210 g/mol. The summed E-state index contributed by atoms with van der Waals surface area (Å²) in [6, 6.07) is 5.52. The normalized spacial score (nSPS) is 11.5. The van der Waals surface area contributed by atoms with E-state index >= 15 is 0 Å². The van der Waals surface area contributed by atoms with Crippen LogP contribution in [-0.2, 0) is 6.42 Å². The topological polar surface area (TPSA) is 29.5 Å². The molecule has 0 atom stereocenters. The highest BCUT2D eigenvalue weighted by atomic mass is 16.5. The average Bonchev–Trinajstić information content (AvgIpc) is 2.15. The summed E-state index contributed by atoms with van der Waals surface area (Å²) in [5.41, 5.74) is 1.19. The van der Waals surface area contributed by atoms with Gasteiger partial charge in [0.2, 0.25) is 0 Å². The van der Waals surface area contributed by atoms with Gasteiger partial charge in [0.15, 0.2) is 11.5 Å². The molecule has 0 fully saturated rings. The molecule has 0 aliphatic carbocycles. The highest BCUT2D eigenvalue weighted by Gasteiger charge is 2.08. The van der Waals surface area contributed by atoms with Crippen molar-refractivity contribution in [3.8, 4) is 11.5 Å². The number of hydrogen-bond donors (Lipinski definition) is 1.